The van der Waals surface area contributed by atoms with Gasteiger partial charge in [0.15, 0.2) is 0 Å². The van der Waals surface area contributed by atoms with E-state index < -0.39 is 6.36 Å². The molecule has 3 nitrogen and oxygen atoms in total. The number of fused-ring (bicyclic) bond motifs is 1. The third kappa shape index (κ3) is 3.81. The molecule has 6 heteroatoms. The van der Waals surface area contributed by atoms with Crippen molar-refractivity contribution in [2.24, 2.45) is 0 Å². The second-order valence-electron chi connectivity index (χ2n) is 6.35. The molecule has 0 saturated carbocycles. The number of ether oxygens (including phenoxy) is 1. The molecule has 28 heavy (non-hydrogen) atoms. The highest BCUT2D eigenvalue weighted by Gasteiger charge is 2.30. The molecule has 2 heterocycles. The van der Waals surface area contributed by atoms with Crippen LogP contribution in [0.4, 0.5) is 13.2 Å². The van der Waals surface area contributed by atoms with Gasteiger partial charge in [0.05, 0.1) is 16.9 Å². The number of benzene rings is 2. The van der Waals surface area contributed by atoms with Gasteiger partial charge in [-0.2, -0.15) is 0 Å². The zero-order valence-corrected chi connectivity index (χ0v) is 14.9. The van der Waals surface area contributed by atoms with E-state index >= 15 is 0 Å². The maximum Gasteiger partial charge on any atom is 0.573 e. The van der Waals surface area contributed by atoms with Crippen LogP contribution in [-0.4, -0.2) is 16.3 Å². The van der Waals surface area contributed by atoms with Crippen molar-refractivity contribution in [1.29, 1.82) is 0 Å². The number of pyridine rings is 2. The zero-order chi connectivity index (χ0) is 19.7. The molecule has 2 aromatic heterocycles. The second-order valence-corrected chi connectivity index (χ2v) is 6.35. The van der Waals surface area contributed by atoms with Gasteiger partial charge in [-0.25, -0.2) is 4.98 Å². The average molecular weight is 380 g/mol. The van der Waals surface area contributed by atoms with Gasteiger partial charge in [0, 0.05) is 22.7 Å². The first-order valence-corrected chi connectivity index (χ1v) is 8.58. The summed E-state index contributed by atoms with van der Waals surface area (Å²) in [5.41, 5.74) is 5.04. The summed E-state index contributed by atoms with van der Waals surface area (Å²) in [6, 6.07) is 19.4. The third-order valence-corrected chi connectivity index (χ3v) is 4.34. The van der Waals surface area contributed by atoms with Crippen molar-refractivity contribution < 1.29 is 17.9 Å². The summed E-state index contributed by atoms with van der Waals surface area (Å²) in [7, 11) is 0. The molecule has 0 aliphatic rings. The Kier molecular flexibility index (Phi) is 4.47. The number of halogens is 3. The maximum absolute atomic E-state index is 12.3. The van der Waals surface area contributed by atoms with Crippen LogP contribution in [0.2, 0.25) is 0 Å². The van der Waals surface area contributed by atoms with Crippen molar-refractivity contribution in [3.63, 3.8) is 0 Å². The predicted molar refractivity (Wildman–Crippen MR) is 102 cm³/mol. The van der Waals surface area contributed by atoms with Crippen LogP contribution < -0.4 is 4.74 Å². The zero-order valence-electron chi connectivity index (χ0n) is 14.9. The summed E-state index contributed by atoms with van der Waals surface area (Å²) in [4.78, 5) is 9.18. The molecule has 0 radical (unpaired) electrons. The molecule has 0 aliphatic carbocycles. The van der Waals surface area contributed by atoms with Gasteiger partial charge in [-0.05, 0) is 61.0 Å². The Bertz CT molecular complexity index is 1120. The summed E-state index contributed by atoms with van der Waals surface area (Å²) < 4.78 is 40.7. The summed E-state index contributed by atoms with van der Waals surface area (Å²) in [5, 5.41) is 1.08. The largest absolute Gasteiger partial charge is 0.573 e. The number of aryl methyl sites for hydroxylation is 1. The molecule has 0 saturated heterocycles. The van der Waals surface area contributed by atoms with E-state index in [2.05, 4.69) is 15.8 Å². The Morgan fingerprint density at radius 2 is 1.57 bits per heavy atom. The quantitative estimate of drug-likeness (QED) is 0.426. The lowest BCUT2D eigenvalue weighted by atomic mass is 10.0. The van der Waals surface area contributed by atoms with Crippen LogP contribution >= 0.6 is 0 Å². The van der Waals surface area contributed by atoms with Crippen molar-refractivity contribution in [2.45, 2.75) is 13.3 Å². The molecule has 0 N–H and O–H groups in total. The van der Waals surface area contributed by atoms with E-state index in [1.54, 1.807) is 18.3 Å². The maximum atomic E-state index is 12.3. The van der Waals surface area contributed by atoms with Crippen molar-refractivity contribution in [1.82, 2.24) is 9.97 Å². The summed E-state index contributed by atoms with van der Waals surface area (Å²) in [5.74, 6) is -0.260. The van der Waals surface area contributed by atoms with Crippen LogP contribution in [0.25, 0.3) is 33.4 Å². The van der Waals surface area contributed by atoms with Gasteiger partial charge < -0.3 is 4.74 Å². The Morgan fingerprint density at radius 1 is 0.857 bits per heavy atom. The molecule has 0 fully saturated rings. The van der Waals surface area contributed by atoms with E-state index in [0.29, 0.717) is 11.3 Å². The smallest absolute Gasteiger partial charge is 0.406 e. The lowest BCUT2D eigenvalue weighted by molar-refractivity contribution is -0.274. The fourth-order valence-electron chi connectivity index (χ4n) is 3.05. The molecule has 0 bridgehead atoms. The minimum Gasteiger partial charge on any atom is -0.406 e. The molecule has 0 aliphatic heterocycles. The normalized spacial score (nSPS) is 11.6. The van der Waals surface area contributed by atoms with E-state index in [4.69, 9.17) is 4.98 Å². The fourth-order valence-corrected chi connectivity index (χ4v) is 3.05. The lowest BCUT2D eigenvalue weighted by Gasteiger charge is -2.10. The van der Waals surface area contributed by atoms with E-state index in [0.717, 1.165) is 27.7 Å². The molecule has 0 unspecified atom stereocenters. The van der Waals surface area contributed by atoms with Gasteiger partial charge >= 0.3 is 6.36 Å². The SMILES string of the molecule is Cc1cc2ccccc2nc1-c1ccc(-c2ccc(OC(F)(F)F)cc2)nc1. The van der Waals surface area contributed by atoms with Crippen molar-refractivity contribution in [3.05, 3.63) is 78.5 Å². The van der Waals surface area contributed by atoms with Crippen LogP contribution in [0, 0.1) is 6.92 Å². The number of hydrogen-bond acceptors (Lipinski definition) is 3. The Labute approximate surface area is 159 Å². The number of alkyl halides is 3. The topological polar surface area (TPSA) is 35.0 Å². The molecule has 4 rings (SSSR count). The summed E-state index contributed by atoms with van der Waals surface area (Å²) in [6.07, 6.45) is -2.98. The van der Waals surface area contributed by atoms with E-state index in [-0.39, 0.29) is 5.75 Å². The highest BCUT2D eigenvalue weighted by Crippen LogP contribution is 2.28. The van der Waals surface area contributed by atoms with Crippen LogP contribution in [0.3, 0.4) is 0 Å². The Morgan fingerprint density at radius 3 is 2.25 bits per heavy atom. The molecule has 0 spiro atoms. The van der Waals surface area contributed by atoms with E-state index in [9.17, 15) is 13.2 Å². The van der Waals surface area contributed by atoms with Crippen LogP contribution in [-0.2, 0) is 0 Å². The first kappa shape index (κ1) is 18.0. The molecule has 0 atom stereocenters. The van der Waals surface area contributed by atoms with Gasteiger partial charge in [0.25, 0.3) is 0 Å². The van der Waals surface area contributed by atoms with Crippen molar-refractivity contribution >= 4 is 10.9 Å². The van der Waals surface area contributed by atoms with Crippen molar-refractivity contribution in [3.8, 4) is 28.3 Å². The molecule has 2 aromatic carbocycles. The molecular formula is C22H15F3N2O. The van der Waals surface area contributed by atoms with E-state index in [1.807, 2.05) is 43.3 Å². The number of aromatic nitrogens is 2. The highest BCUT2D eigenvalue weighted by molar-refractivity contribution is 5.83. The standard InChI is InChI=1S/C22H15F3N2O/c1-14-12-16-4-2-3-5-20(16)27-21(14)17-8-11-19(26-13-17)15-6-9-18(10-7-15)28-22(23,24)25/h2-13H,1H3. The Hall–Kier alpha value is -3.41. The van der Waals surface area contributed by atoms with Crippen molar-refractivity contribution in [2.75, 3.05) is 0 Å². The van der Waals surface area contributed by atoms with Gasteiger partial charge in [0.2, 0.25) is 0 Å². The van der Waals surface area contributed by atoms with Crippen LogP contribution in [0.15, 0.2) is 72.9 Å². The van der Waals surface area contributed by atoms with Gasteiger partial charge in [-0.1, -0.05) is 18.2 Å². The number of nitrogens with zero attached hydrogens (tertiary/aromatic N) is 2. The van der Waals surface area contributed by atoms with E-state index in [1.165, 1.54) is 12.1 Å². The minimum atomic E-state index is -4.70. The lowest BCUT2D eigenvalue weighted by Crippen LogP contribution is -2.16. The minimum absolute atomic E-state index is 0.260. The predicted octanol–water partition coefficient (Wildman–Crippen LogP) is 6.17. The van der Waals surface area contributed by atoms with Crippen LogP contribution in [0.1, 0.15) is 5.56 Å². The number of rotatable bonds is 3. The van der Waals surface area contributed by atoms with Gasteiger partial charge in [-0.15, -0.1) is 13.2 Å². The average Bonchev–Trinajstić information content (AvgIpc) is 2.67. The number of para-hydroxylation sites is 1. The molecular weight excluding hydrogens is 365 g/mol. The summed E-state index contributed by atoms with van der Waals surface area (Å²) >= 11 is 0. The Balaban J connectivity index is 1.61. The molecule has 0 amide bonds. The fraction of sp³-hybridized carbons (Fsp3) is 0.0909. The monoisotopic (exact) mass is 380 g/mol. The van der Waals surface area contributed by atoms with Crippen LogP contribution in [0.5, 0.6) is 5.75 Å². The molecule has 4 aromatic rings. The van der Waals surface area contributed by atoms with Gasteiger partial charge in [-0.3, -0.25) is 4.98 Å². The van der Waals surface area contributed by atoms with Gasteiger partial charge in [0.1, 0.15) is 5.75 Å². The highest BCUT2D eigenvalue weighted by atomic mass is 19.4. The second kappa shape index (κ2) is 6.96. The third-order valence-electron chi connectivity index (χ3n) is 4.34. The molecule has 140 valence electrons. The first-order valence-electron chi connectivity index (χ1n) is 8.58. The summed E-state index contributed by atoms with van der Waals surface area (Å²) in [6.45, 7) is 2.00. The first-order chi connectivity index (χ1) is 13.4. The number of hydrogen-bond donors (Lipinski definition) is 0.